The van der Waals surface area contributed by atoms with Crippen molar-refractivity contribution in [2.24, 2.45) is 5.92 Å². The van der Waals surface area contributed by atoms with Gasteiger partial charge >= 0.3 is 0 Å². The van der Waals surface area contributed by atoms with Gasteiger partial charge in [-0.25, -0.2) is 0 Å². The van der Waals surface area contributed by atoms with Gasteiger partial charge in [-0.1, -0.05) is 13.8 Å². The molecule has 1 aliphatic rings. The second-order valence-corrected chi connectivity index (χ2v) is 5.32. The van der Waals surface area contributed by atoms with Crippen LogP contribution in [0.15, 0.2) is 0 Å². The summed E-state index contributed by atoms with van der Waals surface area (Å²) in [6.07, 6.45) is 3.34. The minimum atomic E-state index is -0.422. The van der Waals surface area contributed by atoms with E-state index >= 15 is 0 Å². The second-order valence-electron chi connectivity index (χ2n) is 5.32. The molecule has 0 bridgehead atoms. The molecule has 0 aromatic heterocycles. The first-order valence-electron chi connectivity index (χ1n) is 7.36. The molecule has 0 saturated carbocycles. The maximum absolute atomic E-state index is 12.2. The molecule has 1 rings (SSSR count). The molecular weight excluding hydrogens is 242 g/mol. The molecule has 0 aromatic carbocycles. The number of carbonyl (C=O) groups is 2. The Kier molecular flexibility index (Phi) is 6.84. The van der Waals surface area contributed by atoms with Crippen LogP contribution in [0, 0.1) is 5.92 Å². The zero-order valence-corrected chi connectivity index (χ0v) is 12.4. The van der Waals surface area contributed by atoms with Crippen molar-refractivity contribution in [3.8, 4) is 0 Å². The number of nitrogens with zero attached hydrogens (tertiary/aromatic N) is 1. The Hall–Kier alpha value is -1.10. The topological polar surface area (TPSA) is 61.4 Å². The van der Waals surface area contributed by atoms with Gasteiger partial charge in [0.1, 0.15) is 6.04 Å². The zero-order chi connectivity index (χ0) is 14.3. The molecule has 5 heteroatoms. The fourth-order valence-corrected chi connectivity index (χ4v) is 2.26. The van der Waals surface area contributed by atoms with Crippen LogP contribution in [0.3, 0.4) is 0 Å². The summed E-state index contributed by atoms with van der Waals surface area (Å²) < 4.78 is 0. The van der Waals surface area contributed by atoms with E-state index in [2.05, 4.69) is 10.6 Å². The van der Waals surface area contributed by atoms with Crippen molar-refractivity contribution >= 4 is 11.8 Å². The first kappa shape index (κ1) is 16.0. The number of rotatable bonds is 6. The fraction of sp³-hybridized carbons (Fsp3) is 0.857. The van der Waals surface area contributed by atoms with Crippen LogP contribution in [0.5, 0.6) is 0 Å². The van der Waals surface area contributed by atoms with E-state index in [4.69, 9.17) is 0 Å². The zero-order valence-electron chi connectivity index (χ0n) is 12.4. The lowest BCUT2D eigenvalue weighted by molar-refractivity contribution is -0.137. The molecule has 2 amide bonds. The van der Waals surface area contributed by atoms with Crippen LogP contribution in [-0.4, -0.2) is 48.9 Å². The molecule has 0 aromatic rings. The van der Waals surface area contributed by atoms with Gasteiger partial charge in [0.05, 0.1) is 0 Å². The number of amides is 2. The highest BCUT2D eigenvalue weighted by Gasteiger charge is 2.24. The van der Waals surface area contributed by atoms with Crippen LogP contribution in [0.2, 0.25) is 0 Å². The molecule has 0 radical (unpaired) electrons. The predicted molar refractivity (Wildman–Crippen MR) is 75.7 cm³/mol. The molecule has 1 saturated heterocycles. The van der Waals surface area contributed by atoms with Crippen LogP contribution in [-0.2, 0) is 9.59 Å². The van der Waals surface area contributed by atoms with Gasteiger partial charge in [0, 0.05) is 25.6 Å². The second kappa shape index (κ2) is 8.15. The van der Waals surface area contributed by atoms with Crippen molar-refractivity contribution < 1.29 is 9.59 Å². The van der Waals surface area contributed by atoms with E-state index in [9.17, 15) is 9.59 Å². The standard InChI is InChI=1S/C14H27N3O2/c1-4-15-10-11(2)13(18)16-12(3)14(19)17-8-6-5-7-9-17/h11-12,15H,4-10H2,1-3H3,(H,16,18). The van der Waals surface area contributed by atoms with E-state index in [0.29, 0.717) is 6.54 Å². The van der Waals surface area contributed by atoms with Crippen molar-refractivity contribution in [3.63, 3.8) is 0 Å². The summed E-state index contributed by atoms with van der Waals surface area (Å²) in [5, 5.41) is 5.95. The van der Waals surface area contributed by atoms with Gasteiger partial charge < -0.3 is 15.5 Å². The molecule has 5 nitrogen and oxygen atoms in total. The normalized spacial score (nSPS) is 18.8. The summed E-state index contributed by atoms with van der Waals surface area (Å²) in [7, 11) is 0. The van der Waals surface area contributed by atoms with Gasteiger partial charge in [-0.05, 0) is 32.7 Å². The average molecular weight is 269 g/mol. The first-order valence-corrected chi connectivity index (χ1v) is 7.36. The molecule has 0 aliphatic carbocycles. The van der Waals surface area contributed by atoms with Crippen LogP contribution >= 0.6 is 0 Å². The molecule has 1 fully saturated rings. The number of hydrogen-bond donors (Lipinski definition) is 2. The monoisotopic (exact) mass is 269 g/mol. The maximum atomic E-state index is 12.2. The number of carbonyl (C=O) groups excluding carboxylic acids is 2. The highest BCUT2D eigenvalue weighted by atomic mass is 16.2. The van der Waals surface area contributed by atoms with Crippen molar-refractivity contribution in [3.05, 3.63) is 0 Å². The molecule has 2 N–H and O–H groups in total. The lowest BCUT2D eigenvalue weighted by Crippen LogP contribution is -2.50. The minimum absolute atomic E-state index is 0.0451. The third-order valence-electron chi connectivity index (χ3n) is 3.55. The maximum Gasteiger partial charge on any atom is 0.244 e. The predicted octanol–water partition coefficient (Wildman–Crippen LogP) is 0.749. The van der Waals surface area contributed by atoms with E-state index < -0.39 is 6.04 Å². The van der Waals surface area contributed by atoms with Crippen molar-refractivity contribution in [1.82, 2.24) is 15.5 Å². The van der Waals surface area contributed by atoms with Crippen LogP contribution in [0.4, 0.5) is 0 Å². The van der Waals surface area contributed by atoms with Crippen molar-refractivity contribution in [1.29, 1.82) is 0 Å². The molecule has 1 heterocycles. The average Bonchev–Trinajstić information content (AvgIpc) is 2.44. The van der Waals surface area contributed by atoms with Crippen LogP contribution in [0.25, 0.3) is 0 Å². The summed E-state index contributed by atoms with van der Waals surface area (Å²) >= 11 is 0. The Labute approximate surface area is 116 Å². The quantitative estimate of drug-likeness (QED) is 0.748. The fourth-order valence-electron chi connectivity index (χ4n) is 2.26. The Morgan fingerprint density at radius 3 is 2.37 bits per heavy atom. The van der Waals surface area contributed by atoms with Crippen LogP contribution < -0.4 is 10.6 Å². The van der Waals surface area contributed by atoms with E-state index in [1.807, 2.05) is 18.7 Å². The smallest absolute Gasteiger partial charge is 0.244 e. The van der Waals surface area contributed by atoms with Gasteiger partial charge in [-0.2, -0.15) is 0 Å². The molecule has 0 spiro atoms. The number of likely N-dealkylation sites (tertiary alicyclic amines) is 1. The van der Waals surface area contributed by atoms with Gasteiger partial charge in [0.2, 0.25) is 11.8 Å². The molecular formula is C14H27N3O2. The highest BCUT2D eigenvalue weighted by Crippen LogP contribution is 2.10. The van der Waals surface area contributed by atoms with Crippen LogP contribution in [0.1, 0.15) is 40.0 Å². The number of nitrogens with one attached hydrogen (secondary N) is 2. The Balaban J connectivity index is 2.37. The lowest BCUT2D eigenvalue weighted by Gasteiger charge is -2.29. The van der Waals surface area contributed by atoms with Gasteiger partial charge in [-0.3, -0.25) is 9.59 Å². The summed E-state index contributed by atoms with van der Waals surface area (Å²) in [5.41, 5.74) is 0. The van der Waals surface area contributed by atoms with E-state index in [0.717, 1.165) is 32.5 Å². The van der Waals surface area contributed by atoms with Gasteiger partial charge in [-0.15, -0.1) is 0 Å². The van der Waals surface area contributed by atoms with Crippen molar-refractivity contribution in [2.45, 2.75) is 46.1 Å². The Morgan fingerprint density at radius 2 is 1.79 bits per heavy atom. The highest BCUT2D eigenvalue weighted by molar-refractivity contribution is 5.88. The largest absolute Gasteiger partial charge is 0.344 e. The Morgan fingerprint density at radius 1 is 1.16 bits per heavy atom. The van der Waals surface area contributed by atoms with Gasteiger partial charge in [0.15, 0.2) is 0 Å². The van der Waals surface area contributed by atoms with E-state index in [1.165, 1.54) is 6.42 Å². The number of piperidine rings is 1. The molecule has 1 aliphatic heterocycles. The number of hydrogen-bond acceptors (Lipinski definition) is 3. The van der Waals surface area contributed by atoms with E-state index in [1.54, 1.807) is 6.92 Å². The minimum Gasteiger partial charge on any atom is -0.344 e. The van der Waals surface area contributed by atoms with E-state index in [-0.39, 0.29) is 17.7 Å². The Bertz CT molecular complexity index is 301. The van der Waals surface area contributed by atoms with Crippen molar-refractivity contribution in [2.75, 3.05) is 26.2 Å². The molecule has 2 unspecified atom stereocenters. The SMILES string of the molecule is CCNCC(C)C(=O)NC(C)C(=O)N1CCCCC1. The summed E-state index contributed by atoms with van der Waals surface area (Å²) in [6.45, 7) is 8.79. The summed E-state index contributed by atoms with van der Waals surface area (Å²) in [4.78, 5) is 26.0. The molecule has 2 atom stereocenters. The lowest BCUT2D eigenvalue weighted by atomic mass is 10.1. The summed E-state index contributed by atoms with van der Waals surface area (Å²) in [5.74, 6) is -0.126. The summed E-state index contributed by atoms with van der Waals surface area (Å²) in [6, 6.07) is -0.422. The third kappa shape index (κ3) is 5.19. The molecule has 110 valence electrons. The molecule has 19 heavy (non-hydrogen) atoms. The first-order chi connectivity index (χ1) is 9.06. The third-order valence-corrected chi connectivity index (χ3v) is 3.55. The van der Waals surface area contributed by atoms with Gasteiger partial charge in [0.25, 0.3) is 0 Å².